The van der Waals surface area contributed by atoms with E-state index in [1.165, 1.54) is 10.4 Å². The quantitative estimate of drug-likeness (QED) is 0.429. The van der Waals surface area contributed by atoms with Gasteiger partial charge in [-0.1, -0.05) is 29.8 Å². The van der Waals surface area contributed by atoms with Gasteiger partial charge >= 0.3 is 0 Å². The first-order valence-corrected chi connectivity index (χ1v) is 13.2. The lowest BCUT2D eigenvalue weighted by atomic mass is 10.1. The summed E-state index contributed by atoms with van der Waals surface area (Å²) in [6.45, 7) is 3.05. The second-order valence-corrected chi connectivity index (χ2v) is 10.7. The molecule has 2 heterocycles. The van der Waals surface area contributed by atoms with Crippen LogP contribution in [0.1, 0.15) is 13.3 Å². The smallest absolute Gasteiger partial charge is 0.265 e. The molecule has 4 aromatic rings. The van der Waals surface area contributed by atoms with E-state index in [1.807, 2.05) is 30.3 Å². The predicted octanol–water partition coefficient (Wildman–Crippen LogP) is 5.02. The van der Waals surface area contributed by atoms with Crippen LogP contribution in [0.25, 0.3) is 21.8 Å². The van der Waals surface area contributed by atoms with Crippen LogP contribution >= 0.6 is 11.6 Å². The highest BCUT2D eigenvalue weighted by molar-refractivity contribution is 7.92. The average Bonchev–Trinajstić information content (AvgIpc) is 2.97. The molecule has 176 valence electrons. The molecule has 0 radical (unpaired) electrons. The number of carbonyl (C=O) groups is 1. The van der Waals surface area contributed by atoms with Gasteiger partial charge in [0, 0.05) is 52.0 Å². The summed E-state index contributed by atoms with van der Waals surface area (Å²) < 4.78 is 34.2. The van der Waals surface area contributed by atoms with Crippen molar-refractivity contribution in [3.8, 4) is 5.75 Å². The maximum atomic E-state index is 13.2. The Morgan fingerprint density at radius 2 is 1.85 bits per heavy atom. The minimum Gasteiger partial charge on any atom is -0.478 e. The second kappa shape index (κ2) is 8.52. The molecule has 0 fully saturated rings. The minimum absolute atomic E-state index is 0.104. The van der Waals surface area contributed by atoms with Crippen LogP contribution in [0.15, 0.2) is 60.7 Å². The molecule has 9 heteroatoms. The molecule has 0 unspecified atom stereocenters. The molecule has 1 aliphatic rings. The number of sulfonamides is 1. The summed E-state index contributed by atoms with van der Waals surface area (Å²) in [6, 6.07) is 18.8. The monoisotopic (exact) mass is 497 g/mol. The zero-order valence-corrected chi connectivity index (χ0v) is 20.4. The summed E-state index contributed by atoms with van der Waals surface area (Å²) in [7, 11) is -3.57. The number of carbonyl (C=O) groups excluding carboxylic acids is 1. The van der Waals surface area contributed by atoms with Gasteiger partial charge in [-0.25, -0.2) is 8.42 Å². The van der Waals surface area contributed by atoms with E-state index in [4.69, 9.17) is 16.3 Å². The third kappa shape index (κ3) is 3.97. The van der Waals surface area contributed by atoms with Crippen molar-refractivity contribution in [2.45, 2.75) is 26.0 Å². The number of halogens is 1. The number of amides is 1. The standard InChI is InChI=1S/C25H24ClN3O4S/c1-3-28-20-7-5-4-6-18(20)19-15-17(9-10-21(19)28)27-25(30)24-12-13-29(34(2,31)32)22-14-16(26)8-11-23(22)33-24/h4-11,14-15,24H,3,12-13H2,1-2H3,(H,27,30)/t24-/m0/s1. The Morgan fingerprint density at radius 3 is 2.62 bits per heavy atom. The zero-order chi connectivity index (χ0) is 24.0. The van der Waals surface area contributed by atoms with E-state index in [0.29, 0.717) is 22.1 Å². The number of para-hydroxylation sites is 1. The number of anilines is 2. The summed E-state index contributed by atoms with van der Waals surface area (Å²) in [4.78, 5) is 13.2. The molecule has 0 aliphatic carbocycles. The third-order valence-electron chi connectivity index (χ3n) is 6.10. The Morgan fingerprint density at radius 1 is 1.09 bits per heavy atom. The van der Waals surface area contributed by atoms with Gasteiger partial charge in [-0.2, -0.15) is 0 Å². The van der Waals surface area contributed by atoms with Crippen LogP contribution < -0.4 is 14.4 Å². The highest BCUT2D eigenvalue weighted by atomic mass is 35.5. The summed E-state index contributed by atoms with van der Waals surface area (Å²) in [5.41, 5.74) is 3.23. The molecule has 1 aliphatic heterocycles. The maximum absolute atomic E-state index is 13.2. The number of nitrogens with zero attached hydrogens (tertiary/aromatic N) is 2. The molecule has 0 bridgehead atoms. The van der Waals surface area contributed by atoms with E-state index in [2.05, 4.69) is 28.9 Å². The highest BCUT2D eigenvalue weighted by Crippen LogP contribution is 2.37. The molecule has 0 saturated heterocycles. The molecular formula is C25H24ClN3O4S. The lowest BCUT2D eigenvalue weighted by Crippen LogP contribution is -2.35. The number of rotatable bonds is 4. The van der Waals surface area contributed by atoms with E-state index < -0.39 is 16.1 Å². The maximum Gasteiger partial charge on any atom is 0.265 e. The number of aromatic nitrogens is 1. The third-order valence-corrected chi connectivity index (χ3v) is 7.52. The molecular weight excluding hydrogens is 474 g/mol. The number of fused-ring (bicyclic) bond motifs is 4. The number of ether oxygens (including phenoxy) is 1. The van der Waals surface area contributed by atoms with Crippen LogP contribution in [-0.2, 0) is 21.4 Å². The molecule has 3 aromatic carbocycles. The van der Waals surface area contributed by atoms with Crippen molar-refractivity contribution in [1.29, 1.82) is 0 Å². The normalized spacial score (nSPS) is 16.2. The second-order valence-electron chi connectivity index (χ2n) is 8.32. The Hall–Kier alpha value is -3.23. The SMILES string of the molecule is CCn1c2ccccc2c2cc(NC(=O)[C@@H]3CCN(S(C)(=O)=O)c4cc(Cl)ccc4O3)ccc21. The van der Waals surface area contributed by atoms with Crippen LogP contribution in [0.4, 0.5) is 11.4 Å². The summed E-state index contributed by atoms with van der Waals surface area (Å²) in [5.74, 6) is -0.0382. The molecule has 1 N–H and O–H groups in total. The van der Waals surface area contributed by atoms with E-state index in [1.54, 1.807) is 12.1 Å². The van der Waals surface area contributed by atoms with Gasteiger partial charge < -0.3 is 14.6 Å². The van der Waals surface area contributed by atoms with Gasteiger partial charge in [-0.15, -0.1) is 0 Å². The first-order valence-electron chi connectivity index (χ1n) is 11.0. The van der Waals surface area contributed by atoms with Crippen LogP contribution in [0.5, 0.6) is 5.75 Å². The van der Waals surface area contributed by atoms with Crippen LogP contribution in [0.2, 0.25) is 5.02 Å². The van der Waals surface area contributed by atoms with Gasteiger partial charge in [0.15, 0.2) is 6.10 Å². The van der Waals surface area contributed by atoms with Gasteiger partial charge in [0.1, 0.15) is 5.75 Å². The molecule has 7 nitrogen and oxygen atoms in total. The number of aryl methyl sites for hydroxylation is 1. The Kier molecular flexibility index (Phi) is 5.65. The number of nitrogens with one attached hydrogen (secondary N) is 1. The van der Waals surface area contributed by atoms with Crippen LogP contribution in [0, 0.1) is 0 Å². The molecule has 1 aromatic heterocycles. The topological polar surface area (TPSA) is 80.6 Å². The van der Waals surface area contributed by atoms with Crippen molar-refractivity contribution in [3.63, 3.8) is 0 Å². The van der Waals surface area contributed by atoms with E-state index >= 15 is 0 Å². The van der Waals surface area contributed by atoms with Crippen molar-refractivity contribution < 1.29 is 17.9 Å². The van der Waals surface area contributed by atoms with Crippen molar-refractivity contribution in [1.82, 2.24) is 4.57 Å². The molecule has 5 rings (SSSR count). The molecule has 1 atom stereocenters. The van der Waals surface area contributed by atoms with E-state index in [-0.39, 0.29) is 18.9 Å². The Balaban J connectivity index is 1.45. The fourth-order valence-corrected chi connectivity index (χ4v) is 5.68. The first kappa shape index (κ1) is 22.6. The van der Waals surface area contributed by atoms with Crippen molar-refractivity contribution in [2.24, 2.45) is 0 Å². The molecule has 1 amide bonds. The lowest BCUT2D eigenvalue weighted by molar-refractivity contribution is -0.122. The van der Waals surface area contributed by atoms with E-state index in [0.717, 1.165) is 34.6 Å². The van der Waals surface area contributed by atoms with Crippen LogP contribution in [0.3, 0.4) is 0 Å². The zero-order valence-electron chi connectivity index (χ0n) is 18.8. The average molecular weight is 498 g/mol. The largest absolute Gasteiger partial charge is 0.478 e. The van der Waals surface area contributed by atoms with Gasteiger partial charge in [0.2, 0.25) is 10.0 Å². The number of hydrogen-bond acceptors (Lipinski definition) is 4. The van der Waals surface area contributed by atoms with Gasteiger partial charge in [0.25, 0.3) is 5.91 Å². The number of hydrogen-bond donors (Lipinski definition) is 1. The fraction of sp³-hybridized carbons (Fsp3) is 0.240. The van der Waals surface area contributed by atoms with Gasteiger partial charge in [0.05, 0.1) is 11.9 Å². The van der Waals surface area contributed by atoms with Crippen molar-refractivity contribution in [2.75, 3.05) is 22.4 Å². The Bertz CT molecular complexity index is 1530. The van der Waals surface area contributed by atoms with Crippen molar-refractivity contribution >= 4 is 60.7 Å². The Labute approximate surface area is 202 Å². The molecule has 34 heavy (non-hydrogen) atoms. The molecule has 0 saturated carbocycles. The lowest BCUT2D eigenvalue weighted by Gasteiger charge is -2.21. The summed E-state index contributed by atoms with van der Waals surface area (Å²) in [6.07, 6.45) is 0.460. The fourth-order valence-electron chi connectivity index (χ4n) is 4.58. The van der Waals surface area contributed by atoms with E-state index in [9.17, 15) is 13.2 Å². The van der Waals surface area contributed by atoms with Gasteiger partial charge in [-0.3, -0.25) is 9.10 Å². The highest BCUT2D eigenvalue weighted by Gasteiger charge is 2.31. The minimum atomic E-state index is -3.57. The van der Waals surface area contributed by atoms with Crippen LogP contribution in [-0.4, -0.2) is 37.8 Å². The predicted molar refractivity (Wildman–Crippen MR) is 136 cm³/mol. The summed E-state index contributed by atoms with van der Waals surface area (Å²) in [5, 5.41) is 5.52. The first-order chi connectivity index (χ1) is 16.3. The summed E-state index contributed by atoms with van der Waals surface area (Å²) >= 11 is 6.09. The van der Waals surface area contributed by atoms with Gasteiger partial charge in [-0.05, 0) is 49.4 Å². The van der Waals surface area contributed by atoms with Crippen molar-refractivity contribution in [3.05, 3.63) is 65.7 Å². The number of benzene rings is 3. The molecule has 0 spiro atoms.